The van der Waals surface area contributed by atoms with Crippen molar-refractivity contribution in [2.45, 2.75) is 43.0 Å². The fourth-order valence-corrected chi connectivity index (χ4v) is 5.08. The summed E-state index contributed by atoms with van der Waals surface area (Å²) in [5.74, 6) is 0. The number of aliphatic hydroxyl groups is 1. The van der Waals surface area contributed by atoms with Gasteiger partial charge < -0.3 is 9.84 Å². The van der Waals surface area contributed by atoms with Crippen molar-refractivity contribution in [2.24, 2.45) is 5.41 Å². The Balaban J connectivity index is 2.42. The van der Waals surface area contributed by atoms with Gasteiger partial charge in [0.15, 0.2) is 9.84 Å². The van der Waals surface area contributed by atoms with Gasteiger partial charge in [-0.15, -0.1) is 0 Å². The third-order valence-corrected chi connectivity index (χ3v) is 6.12. The normalized spacial score (nSPS) is 36.2. The van der Waals surface area contributed by atoms with Gasteiger partial charge in [0.05, 0.1) is 16.7 Å². The first-order valence-electron chi connectivity index (χ1n) is 6.26. The highest BCUT2D eigenvalue weighted by Gasteiger charge is 2.60. The number of nitrogens with zero attached hydrogens (tertiary/aromatic N) is 1. The summed E-state index contributed by atoms with van der Waals surface area (Å²) in [6.45, 7) is 0.818. The van der Waals surface area contributed by atoms with Gasteiger partial charge in [0.25, 0.3) is 0 Å². The molecule has 5 nitrogen and oxygen atoms in total. The van der Waals surface area contributed by atoms with Crippen LogP contribution < -0.4 is 0 Å². The van der Waals surface area contributed by atoms with Crippen LogP contribution in [0.3, 0.4) is 0 Å². The van der Waals surface area contributed by atoms with Gasteiger partial charge in [0, 0.05) is 19.5 Å². The van der Waals surface area contributed by atoms with E-state index in [0.29, 0.717) is 45.3 Å². The molecule has 0 bridgehead atoms. The van der Waals surface area contributed by atoms with Gasteiger partial charge in [-0.1, -0.05) is 0 Å². The minimum Gasteiger partial charge on any atom is -0.387 e. The van der Waals surface area contributed by atoms with Crippen LogP contribution in [0.5, 0.6) is 0 Å². The highest BCUT2D eigenvalue weighted by molar-refractivity contribution is 7.91. The van der Waals surface area contributed by atoms with Gasteiger partial charge >= 0.3 is 0 Å². The van der Waals surface area contributed by atoms with E-state index >= 15 is 0 Å². The van der Waals surface area contributed by atoms with E-state index in [4.69, 9.17) is 4.74 Å². The molecule has 0 aromatic rings. The Labute approximate surface area is 108 Å². The predicted octanol–water partition coefficient (Wildman–Crippen LogP) is 0.635. The minimum absolute atomic E-state index is 0.387. The lowest BCUT2D eigenvalue weighted by Crippen LogP contribution is -2.57. The lowest BCUT2D eigenvalue weighted by molar-refractivity contribution is -0.0968. The number of rotatable bonds is 2. The Morgan fingerprint density at radius 2 is 1.94 bits per heavy atom. The van der Waals surface area contributed by atoms with Gasteiger partial charge in [-0.05, 0) is 32.1 Å². The summed E-state index contributed by atoms with van der Waals surface area (Å²) >= 11 is 0. The lowest BCUT2D eigenvalue weighted by atomic mass is 9.66. The number of ether oxygens (including phenoxy) is 1. The molecule has 1 aliphatic carbocycles. The molecule has 2 rings (SSSR count). The molecule has 2 unspecified atom stereocenters. The zero-order valence-corrected chi connectivity index (χ0v) is 11.4. The molecule has 2 aliphatic rings. The first-order valence-corrected chi connectivity index (χ1v) is 8.21. The van der Waals surface area contributed by atoms with Crippen LogP contribution in [0.2, 0.25) is 0 Å². The topological polar surface area (TPSA) is 87.4 Å². The first kappa shape index (κ1) is 13.8. The number of nitriles is 1. The fourth-order valence-electron chi connectivity index (χ4n) is 3.43. The van der Waals surface area contributed by atoms with Gasteiger partial charge in [-0.25, -0.2) is 8.42 Å². The number of hydrogen-bond donors (Lipinski definition) is 1. The van der Waals surface area contributed by atoms with E-state index in [9.17, 15) is 18.8 Å². The molecule has 2 fully saturated rings. The van der Waals surface area contributed by atoms with E-state index in [1.54, 1.807) is 0 Å². The van der Waals surface area contributed by atoms with Crippen LogP contribution in [0.15, 0.2) is 0 Å². The Kier molecular flexibility index (Phi) is 3.43. The molecule has 1 saturated carbocycles. The van der Waals surface area contributed by atoms with E-state index in [1.807, 2.05) is 0 Å². The van der Waals surface area contributed by atoms with Gasteiger partial charge in [-0.3, -0.25) is 0 Å². The molecule has 0 amide bonds. The second kappa shape index (κ2) is 4.48. The summed E-state index contributed by atoms with van der Waals surface area (Å²) in [7, 11) is -3.35. The molecule has 0 aromatic carbocycles. The Morgan fingerprint density at radius 3 is 2.44 bits per heavy atom. The van der Waals surface area contributed by atoms with E-state index in [0.717, 1.165) is 6.26 Å². The highest BCUT2D eigenvalue weighted by atomic mass is 32.2. The van der Waals surface area contributed by atoms with Crippen molar-refractivity contribution in [3.63, 3.8) is 0 Å². The van der Waals surface area contributed by atoms with Crippen LogP contribution in [0.1, 0.15) is 32.1 Å². The summed E-state index contributed by atoms with van der Waals surface area (Å²) in [4.78, 5) is 0. The van der Waals surface area contributed by atoms with Crippen LogP contribution in [0, 0.1) is 16.7 Å². The molecule has 1 aliphatic heterocycles. The molecule has 1 saturated heterocycles. The molecule has 0 spiro atoms. The van der Waals surface area contributed by atoms with Crippen LogP contribution in [-0.4, -0.2) is 43.8 Å². The van der Waals surface area contributed by atoms with Crippen molar-refractivity contribution < 1.29 is 18.3 Å². The SMILES string of the molecule is CS(=O)(=O)C1CCCC1(O)C1(C#N)CCOCC1. The van der Waals surface area contributed by atoms with Crippen LogP contribution in [0.25, 0.3) is 0 Å². The van der Waals surface area contributed by atoms with Crippen LogP contribution in [-0.2, 0) is 14.6 Å². The maximum absolute atomic E-state index is 11.8. The minimum atomic E-state index is -3.35. The zero-order valence-electron chi connectivity index (χ0n) is 10.6. The molecule has 0 aromatic heterocycles. The summed E-state index contributed by atoms with van der Waals surface area (Å²) in [5, 5.41) is 19.6. The molecular formula is C12H19NO4S. The Morgan fingerprint density at radius 1 is 1.33 bits per heavy atom. The highest BCUT2D eigenvalue weighted by Crippen LogP contribution is 2.51. The molecule has 1 heterocycles. The fraction of sp³-hybridized carbons (Fsp3) is 0.917. The molecule has 102 valence electrons. The smallest absolute Gasteiger partial charge is 0.153 e. The average molecular weight is 273 g/mol. The van der Waals surface area contributed by atoms with E-state index in [2.05, 4.69) is 6.07 Å². The van der Waals surface area contributed by atoms with E-state index in [1.165, 1.54) is 0 Å². The molecule has 1 N–H and O–H groups in total. The van der Waals surface area contributed by atoms with Gasteiger partial charge in [-0.2, -0.15) is 5.26 Å². The molecular weight excluding hydrogens is 254 g/mol. The van der Waals surface area contributed by atoms with Crippen LogP contribution >= 0.6 is 0 Å². The third kappa shape index (κ3) is 1.94. The van der Waals surface area contributed by atoms with Crippen molar-refractivity contribution >= 4 is 9.84 Å². The standard InChI is InChI=1S/C12H19NO4S/c1-18(15,16)10-3-2-4-12(10,14)11(9-13)5-7-17-8-6-11/h10,14H,2-8H2,1H3. The second-order valence-corrected chi connectivity index (χ2v) is 7.67. The van der Waals surface area contributed by atoms with Crippen molar-refractivity contribution in [3.8, 4) is 6.07 Å². The molecule has 2 atom stereocenters. The van der Waals surface area contributed by atoms with Crippen LogP contribution in [0.4, 0.5) is 0 Å². The summed E-state index contributed by atoms with van der Waals surface area (Å²) in [6, 6.07) is 2.21. The molecule has 18 heavy (non-hydrogen) atoms. The third-order valence-electron chi connectivity index (χ3n) is 4.46. The molecule has 6 heteroatoms. The van der Waals surface area contributed by atoms with Crippen molar-refractivity contribution in [1.82, 2.24) is 0 Å². The predicted molar refractivity (Wildman–Crippen MR) is 65.5 cm³/mol. The molecule has 0 radical (unpaired) electrons. The van der Waals surface area contributed by atoms with Crippen molar-refractivity contribution in [3.05, 3.63) is 0 Å². The van der Waals surface area contributed by atoms with Crippen molar-refractivity contribution in [1.29, 1.82) is 5.26 Å². The Bertz CT molecular complexity index is 461. The van der Waals surface area contributed by atoms with Gasteiger partial charge in [0.2, 0.25) is 0 Å². The van der Waals surface area contributed by atoms with E-state index < -0.39 is 26.1 Å². The summed E-state index contributed by atoms with van der Waals surface area (Å²) in [6.07, 6.45) is 3.45. The largest absolute Gasteiger partial charge is 0.387 e. The maximum atomic E-state index is 11.8. The second-order valence-electron chi connectivity index (χ2n) is 5.44. The average Bonchev–Trinajstić information content (AvgIpc) is 2.74. The number of sulfone groups is 1. The quantitative estimate of drug-likeness (QED) is 0.797. The Hall–Kier alpha value is -0.640. The lowest BCUT2D eigenvalue weighted by Gasteiger charge is -2.45. The monoisotopic (exact) mass is 273 g/mol. The summed E-state index contributed by atoms with van der Waals surface area (Å²) < 4.78 is 28.9. The van der Waals surface area contributed by atoms with Crippen molar-refractivity contribution in [2.75, 3.05) is 19.5 Å². The number of hydrogen-bond acceptors (Lipinski definition) is 5. The maximum Gasteiger partial charge on any atom is 0.153 e. The van der Waals surface area contributed by atoms with E-state index in [-0.39, 0.29) is 0 Å². The zero-order chi connectivity index (χ0) is 13.4. The summed E-state index contributed by atoms with van der Waals surface area (Å²) in [5.41, 5.74) is -2.39. The first-order chi connectivity index (χ1) is 8.36. The van der Waals surface area contributed by atoms with Gasteiger partial charge in [0.1, 0.15) is 5.60 Å².